The van der Waals surface area contributed by atoms with E-state index in [0.29, 0.717) is 6.07 Å². The summed E-state index contributed by atoms with van der Waals surface area (Å²) in [6.07, 6.45) is 0.0495. The number of carbonyl (C=O) groups is 1. The maximum atomic E-state index is 12.6. The van der Waals surface area contributed by atoms with Crippen LogP contribution >= 0.6 is 15.9 Å². The van der Waals surface area contributed by atoms with Crippen LogP contribution in [-0.4, -0.2) is 6.29 Å². The van der Waals surface area contributed by atoms with Crippen molar-refractivity contribution in [2.45, 2.75) is 0 Å². The van der Waals surface area contributed by atoms with Gasteiger partial charge in [-0.15, -0.1) is 0 Å². The molecule has 0 saturated heterocycles. The summed E-state index contributed by atoms with van der Waals surface area (Å²) in [5, 5.41) is 0. The van der Waals surface area contributed by atoms with Gasteiger partial charge in [-0.25, -0.2) is 13.2 Å². The number of hydrogen-bond donors (Lipinski definition) is 0. The lowest BCUT2D eigenvalue weighted by Gasteiger charge is -1.99. The topological polar surface area (TPSA) is 17.1 Å². The molecule has 1 aromatic rings. The summed E-state index contributed by atoms with van der Waals surface area (Å²) >= 11 is 2.49. The van der Waals surface area contributed by atoms with Gasteiger partial charge >= 0.3 is 0 Å². The fourth-order valence-electron chi connectivity index (χ4n) is 0.677. The van der Waals surface area contributed by atoms with Crippen molar-refractivity contribution >= 4 is 22.2 Å². The second kappa shape index (κ2) is 3.26. The Morgan fingerprint density at radius 1 is 1.25 bits per heavy atom. The molecule has 0 aliphatic rings. The quantitative estimate of drug-likeness (QED) is 0.418. The van der Waals surface area contributed by atoms with Crippen molar-refractivity contribution < 1.29 is 18.0 Å². The standard InChI is InChI=1S/C7H2BrF3O/c8-5-4(9)1-3(2-12)6(10)7(5)11/h1-2H. The minimum Gasteiger partial charge on any atom is -0.298 e. The Balaban J connectivity index is 3.49. The summed E-state index contributed by atoms with van der Waals surface area (Å²) in [6.45, 7) is 0. The van der Waals surface area contributed by atoms with Crippen molar-refractivity contribution in [3.05, 3.63) is 33.6 Å². The molecule has 1 rings (SSSR count). The summed E-state index contributed by atoms with van der Waals surface area (Å²) in [5.74, 6) is -3.74. The lowest BCUT2D eigenvalue weighted by molar-refractivity contribution is 0.111. The van der Waals surface area contributed by atoms with Gasteiger partial charge < -0.3 is 0 Å². The van der Waals surface area contributed by atoms with E-state index in [2.05, 4.69) is 15.9 Å². The third-order valence-electron chi connectivity index (χ3n) is 1.26. The number of benzene rings is 1. The summed E-state index contributed by atoms with van der Waals surface area (Å²) in [6, 6.07) is 0.621. The molecule has 0 heterocycles. The molecule has 0 saturated carbocycles. The van der Waals surface area contributed by atoms with Gasteiger partial charge in [0, 0.05) is 0 Å². The lowest BCUT2D eigenvalue weighted by Crippen LogP contribution is -1.96. The minimum absolute atomic E-state index is 0.0495. The Labute approximate surface area is 74.3 Å². The van der Waals surface area contributed by atoms with Gasteiger partial charge in [0.15, 0.2) is 17.9 Å². The van der Waals surface area contributed by atoms with E-state index in [9.17, 15) is 18.0 Å². The van der Waals surface area contributed by atoms with E-state index in [1.54, 1.807) is 0 Å². The van der Waals surface area contributed by atoms with Crippen molar-refractivity contribution in [1.29, 1.82) is 0 Å². The van der Waals surface area contributed by atoms with Crippen LogP contribution in [-0.2, 0) is 0 Å². The molecule has 1 nitrogen and oxygen atoms in total. The van der Waals surface area contributed by atoms with E-state index < -0.39 is 27.5 Å². The van der Waals surface area contributed by atoms with Crippen LogP contribution in [0.1, 0.15) is 10.4 Å². The average Bonchev–Trinajstić information content (AvgIpc) is 2.08. The highest BCUT2D eigenvalue weighted by atomic mass is 79.9. The van der Waals surface area contributed by atoms with Crippen molar-refractivity contribution in [3.63, 3.8) is 0 Å². The highest BCUT2D eigenvalue weighted by Crippen LogP contribution is 2.23. The summed E-state index contributed by atoms with van der Waals surface area (Å²) in [7, 11) is 0. The molecule has 0 unspecified atom stereocenters. The highest BCUT2D eigenvalue weighted by Gasteiger charge is 2.15. The minimum atomic E-state index is -1.39. The zero-order chi connectivity index (χ0) is 9.30. The second-order valence-electron chi connectivity index (χ2n) is 2.01. The number of carbonyl (C=O) groups excluding carboxylic acids is 1. The molecule has 0 fully saturated rings. The summed E-state index contributed by atoms with van der Waals surface area (Å²) in [5.41, 5.74) is -0.631. The molecule has 64 valence electrons. The number of hydrogen-bond acceptors (Lipinski definition) is 1. The molecule has 0 radical (unpaired) electrons. The lowest BCUT2D eigenvalue weighted by atomic mass is 10.2. The van der Waals surface area contributed by atoms with Gasteiger partial charge in [0.1, 0.15) is 5.82 Å². The van der Waals surface area contributed by atoms with Crippen molar-refractivity contribution in [3.8, 4) is 0 Å². The summed E-state index contributed by atoms with van der Waals surface area (Å²) < 4.78 is 37.2. The molecular formula is C7H2BrF3O. The van der Waals surface area contributed by atoms with Gasteiger partial charge in [-0.2, -0.15) is 0 Å². The van der Waals surface area contributed by atoms with E-state index >= 15 is 0 Å². The van der Waals surface area contributed by atoms with E-state index in [1.807, 2.05) is 0 Å². The number of aldehydes is 1. The van der Waals surface area contributed by atoms with Gasteiger partial charge in [0.25, 0.3) is 0 Å². The highest BCUT2D eigenvalue weighted by molar-refractivity contribution is 9.10. The first-order valence-corrected chi connectivity index (χ1v) is 3.65. The third-order valence-corrected chi connectivity index (χ3v) is 1.98. The van der Waals surface area contributed by atoms with Gasteiger partial charge in [0.2, 0.25) is 0 Å². The first-order chi connectivity index (χ1) is 5.57. The van der Waals surface area contributed by atoms with Crippen LogP contribution in [0, 0.1) is 17.5 Å². The Morgan fingerprint density at radius 2 is 1.83 bits per heavy atom. The van der Waals surface area contributed by atoms with E-state index in [4.69, 9.17) is 0 Å². The van der Waals surface area contributed by atoms with Crippen molar-refractivity contribution in [2.75, 3.05) is 0 Å². The second-order valence-corrected chi connectivity index (χ2v) is 2.80. The predicted octanol–water partition coefficient (Wildman–Crippen LogP) is 2.68. The fourth-order valence-corrected chi connectivity index (χ4v) is 0.965. The molecule has 12 heavy (non-hydrogen) atoms. The maximum Gasteiger partial charge on any atom is 0.176 e. The van der Waals surface area contributed by atoms with Crippen molar-refractivity contribution in [2.24, 2.45) is 0 Å². The van der Waals surface area contributed by atoms with E-state index in [0.717, 1.165) is 0 Å². The van der Waals surface area contributed by atoms with Gasteiger partial charge in [-0.3, -0.25) is 4.79 Å². The van der Waals surface area contributed by atoms with Crippen LogP contribution in [0.4, 0.5) is 13.2 Å². The Kier molecular flexibility index (Phi) is 2.52. The molecule has 0 atom stereocenters. The molecule has 0 spiro atoms. The first-order valence-electron chi connectivity index (χ1n) is 2.86. The Bertz CT molecular complexity index is 338. The predicted molar refractivity (Wildman–Crippen MR) is 39.4 cm³/mol. The molecule has 5 heteroatoms. The molecule has 0 N–H and O–H groups in total. The van der Waals surface area contributed by atoms with Gasteiger partial charge in [-0.05, 0) is 22.0 Å². The van der Waals surface area contributed by atoms with E-state index in [-0.39, 0.29) is 6.29 Å². The Morgan fingerprint density at radius 3 is 2.33 bits per heavy atom. The molecule has 0 aliphatic carbocycles. The summed E-state index contributed by atoms with van der Waals surface area (Å²) in [4.78, 5) is 10.1. The number of halogens is 4. The van der Waals surface area contributed by atoms with E-state index in [1.165, 1.54) is 0 Å². The Hall–Kier alpha value is -0.840. The largest absolute Gasteiger partial charge is 0.298 e. The molecule has 0 aliphatic heterocycles. The molecule has 0 aromatic heterocycles. The SMILES string of the molecule is O=Cc1cc(F)c(Br)c(F)c1F. The zero-order valence-corrected chi connectivity index (χ0v) is 7.16. The van der Waals surface area contributed by atoms with Crippen LogP contribution in [0.25, 0.3) is 0 Å². The van der Waals surface area contributed by atoms with Crippen LogP contribution in [0.15, 0.2) is 10.5 Å². The van der Waals surface area contributed by atoms with Gasteiger partial charge in [0.05, 0.1) is 10.0 Å². The third kappa shape index (κ3) is 1.36. The monoisotopic (exact) mass is 238 g/mol. The van der Waals surface area contributed by atoms with Crippen LogP contribution in [0.5, 0.6) is 0 Å². The van der Waals surface area contributed by atoms with Crippen LogP contribution < -0.4 is 0 Å². The molecule has 1 aromatic carbocycles. The molecule has 0 amide bonds. The van der Waals surface area contributed by atoms with Gasteiger partial charge in [-0.1, -0.05) is 0 Å². The maximum absolute atomic E-state index is 12.6. The number of rotatable bonds is 1. The van der Waals surface area contributed by atoms with Crippen LogP contribution in [0.2, 0.25) is 0 Å². The smallest absolute Gasteiger partial charge is 0.176 e. The fraction of sp³-hybridized carbons (Fsp3) is 0. The normalized spacial score (nSPS) is 10.0. The zero-order valence-electron chi connectivity index (χ0n) is 5.57. The molecular weight excluding hydrogens is 237 g/mol. The molecule has 0 bridgehead atoms. The van der Waals surface area contributed by atoms with Crippen molar-refractivity contribution in [1.82, 2.24) is 0 Å². The average molecular weight is 239 g/mol. The first kappa shape index (κ1) is 9.25. The van der Waals surface area contributed by atoms with Crippen LogP contribution in [0.3, 0.4) is 0 Å².